The number of benzene rings is 2. The Morgan fingerprint density at radius 1 is 1.00 bits per heavy atom. The van der Waals surface area contributed by atoms with E-state index in [9.17, 15) is 0 Å². The van der Waals surface area contributed by atoms with Crippen LogP contribution in [0.5, 0.6) is 0 Å². The van der Waals surface area contributed by atoms with Gasteiger partial charge in [0.2, 0.25) is 0 Å². The number of anilines is 1. The molecular weight excluding hydrogens is 301 g/mol. The third-order valence-corrected chi connectivity index (χ3v) is 4.37. The fraction of sp³-hybridized carbons (Fsp3) is 0.111. The van der Waals surface area contributed by atoms with Crippen molar-refractivity contribution in [3.8, 4) is 11.1 Å². The lowest BCUT2D eigenvalue weighted by atomic mass is 10.0. The highest BCUT2D eigenvalue weighted by Crippen LogP contribution is 2.35. The Kier molecular flexibility index (Phi) is 4.05. The molecule has 3 rings (SSSR count). The van der Waals surface area contributed by atoms with Crippen molar-refractivity contribution in [2.24, 2.45) is 0 Å². The first-order chi connectivity index (χ1) is 10.2. The molecule has 1 nitrogen and oxygen atoms in total. The van der Waals surface area contributed by atoms with E-state index in [0.29, 0.717) is 0 Å². The number of rotatable bonds is 2. The molecule has 2 aromatic carbocycles. The molecule has 1 aliphatic heterocycles. The predicted molar refractivity (Wildman–Crippen MR) is 91.9 cm³/mol. The third-order valence-electron chi connectivity index (χ3n) is 3.56. The van der Waals surface area contributed by atoms with Crippen LogP contribution in [0.4, 0.5) is 5.69 Å². The summed E-state index contributed by atoms with van der Waals surface area (Å²) in [6, 6.07) is 16.1. The van der Waals surface area contributed by atoms with Gasteiger partial charge in [0, 0.05) is 16.8 Å². The first kappa shape index (κ1) is 14.2. The first-order valence-electron chi connectivity index (χ1n) is 6.79. The fourth-order valence-electron chi connectivity index (χ4n) is 2.44. The van der Waals surface area contributed by atoms with Crippen molar-refractivity contribution >= 4 is 28.9 Å². The normalized spacial score (nSPS) is 17.8. The van der Waals surface area contributed by atoms with Crippen LogP contribution in [0.25, 0.3) is 11.1 Å². The summed E-state index contributed by atoms with van der Waals surface area (Å²) in [6.45, 7) is 2.04. The highest BCUT2D eigenvalue weighted by atomic mass is 35.5. The summed E-state index contributed by atoms with van der Waals surface area (Å²) in [4.78, 5) is 2.08. The van der Waals surface area contributed by atoms with Crippen LogP contribution in [-0.2, 0) is 0 Å². The molecule has 1 atom stereocenters. The van der Waals surface area contributed by atoms with Crippen LogP contribution in [0.3, 0.4) is 0 Å². The maximum atomic E-state index is 6.54. The Morgan fingerprint density at radius 3 is 2.48 bits per heavy atom. The van der Waals surface area contributed by atoms with E-state index in [-0.39, 0.29) is 5.50 Å². The fourth-order valence-corrected chi connectivity index (χ4v) is 2.81. The van der Waals surface area contributed by atoms with Gasteiger partial charge in [0.15, 0.2) is 0 Å². The average molecular weight is 316 g/mol. The molecule has 0 saturated heterocycles. The van der Waals surface area contributed by atoms with Crippen LogP contribution < -0.4 is 4.90 Å². The van der Waals surface area contributed by atoms with Crippen LogP contribution in [0.2, 0.25) is 5.02 Å². The number of para-hydroxylation sites is 1. The van der Waals surface area contributed by atoms with Gasteiger partial charge in [-0.2, -0.15) is 0 Å². The number of nitrogens with zero attached hydrogens (tertiary/aromatic N) is 1. The molecule has 1 aliphatic rings. The lowest BCUT2D eigenvalue weighted by Gasteiger charge is -2.30. The van der Waals surface area contributed by atoms with Gasteiger partial charge in [0.05, 0.1) is 5.69 Å². The van der Waals surface area contributed by atoms with Crippen LogP contribution in [-0.4, -0.2) is 5.50 Å². The molecule has 0 aliphatic carbocycles. The topological polar surface area (TPSA) is 3.24 Å². The largest absolute Gasteiger partial charge is 0.327 e. The second-order valence-corrected chi connectivity index (χ2v) is 5.87. The van der Waals surface area contributed by atoms with Crippen molar-refractivity contribution < 1.29 is 0 Å². The molecule has 0 bridgehead atoms. The highest BCUT2D eigenvalue weighted by molar-refractivity contribution is 6.30. The zero-order chi connectivity index (χ0) is 14.8. The van der Waals surface area contributed by atoms with Gasteiger partial charge in [0.25, 0.3) is 0 Å². The number of hydrogen-bond donors (Lipinski definition) is 0. The molecule has 1 unspecified atom stereocenters. The summed E-state index contributed by atoms with van der Waals surface area (Å²) in [5, 5.41) is 0.739. The summed E-state index contributed by atoms with van der Waals surface area (Å²) in [7, 11) is 0. The van der Waals surface area contributed by atoms with Crippen molar-refractivity contribution in [3.05, 3.63) is 77.5 Å². The summed E-state index contributed by atoms with van der Waals surface area (Å²) in [5.74, 6) is 0. The third kappa shape index (κ3) is 2.85. The first-order valence-corrected chi connectivity index (χ1v) is 7.60. The van der Waals surface area contributed by atoms with Crippen molar-refractivity contribution in [2.75, 3.05) is 4.90 Å². The minimum atomic E-state index is -0.163. The monoisotopic (exact) mass is 315 g/mol. The van der Waals surface area contributed by atoms with E-state index < -0.39 is 0 Å². The molecular formula is C18H15Cl2N. The van der Waals surface area contributed by atoms with Crippen LogP contribution in [0, 0.1) is 0 Å². The van der Waals surface area contributed by atoms with Gasteiger partial charge in [-0.1, -0.05) is 59.6 Å². The maximum Gasteiger partial charge on any atom is 0.129 e. The molecule has 106 valence electrons. The predicted octanol–water partition coefficient (Wildman–Crippen LogP) is 5.85. The van der Waals surface area contributed by atoms with Crippen molar-refractivity contribution in [3.63, 3.8) is 0 Å². The quantitative estimate of drug-likeness (QED) is 0.496. The summed E-state index contributed by atoms with van der Waals surface area (Å²) < 4.78 is 0. The van der Waals surface area contributed by atoms with Crippen molar-refractivity contribution in [1.82, 2.24) is 0 Å². The molecule has 0 fully saturated rings. The second-order valence-electron chi connectivity index (χ2n) is 5.02. The summed E-state index contributed by atoms with van der Waals surface area (Å²) >= 11 is 12.5. The van der Waals surface area contributed by atoms with Crippen molar-refractivity contribution in [1.29, 1.82) is 0 Å². The lowest BCUT2D eigenvalue weighted by molar-refractivity contribution is 0.943. The van der Waals surface area contributed by atoms with Gasteiger partial charge in [0.1, 0.15) is 5.50 Å². The number of allylic oxidation sites excluding steroid dienone is 2. The van der Waals surface area contributed by atoms with E-state index in [2.05, 4.69) is 17.0 Å². The Morgan fingerprint density at radius 2 is 1.71 bits per heavy atom. The molecule has 1 heterocycles. The molecule has 0 aromatic heterocycles. The van der Waals surface area contributed by atoms with Crippen LogP contribution in [0.1, 0.15) is 6.92 Å². The van der Waals surface area contributed by atoms with Gasteiger partial charge in [-0.15, -0.1) is 0 Å². The van der Waals surface area contributed by atoms with Gasteiger partial charge < -0.3 is 4.90 Å². The zero-order valence-electron chi connectivity index (χ0n) is 11.6. The maximum absolute atomic E-state index is 6.54. The van der Waals surface area contributed by atoms with Crippen molar-refractivity contribution in [2.45, 2.75) is 12.4 Å². The Balaban J connectivity index is 2.06. The van der Waals surface area contributed by atoms with Gasteiger partial charge in [-0.25, -0.2) is 0 Å². The summed E-state index contributed by atoms with van der Waals surface area (Å²) in [5.41, 5.74) is 4.32. The van der Waals surface area contributed by atoms with Crippen LogP contribution in [0.15, 0.2) is 72.5 Å². The Bertz CT molecular complexity index is 701. The van der Waals surface area contributed by atoms with E-state index in [1.54, 1.807) is 0 Å². The minimum absolute atomic E-state index is 0.163. The van der Waals surface area contributed by atoms with E-state index >= 15 is 0 Å². The standard InChI is InChI=1S/C18H15Cl2N/c1-13-5-4-12-21(18(13)20)17-7-3-2-6-16(17)14-8-10-15(19)11-9-14/h2-12,18H,1H3. The van der Waals surface area contributed by atoms with E-state index in [4.69, 9.17) is 23.2 Å². The highest BCUT2D eigenvalue weighted by Gasteiger charge is 2.20. The molecule has 0 amide bonds. The molecule has 2 aromatic rings. The molecule has 3 heteroatoms. The molecule has 0 saturated carbocycles. The van der Waals surface area contributed by atoms with Gasteiger partial charge >= 0.3 is 0 Å². The number of alkyl halides is 1. The average Bonchev–Trinajstić information content (AvgIpc) is 2.51. The van der Waals surface area contributed by atoms with E-state index in [1.807, 2.05) is 61.7 Å². The van der Waals surface area contributed by atoms with E-state index in [0.717, 1.165) is 27.4 Å². The molecule has 21 heavy (non-hydrogen) atoms. The minimum Gasteiger partial charge on any atom is -0.327 e. The molecule has 0 spiro atoms. The zero-order valence-corrected chi connectivity index (χ0v) is 13.1. The molecule has 0 N–H and O–H groups in total. The Hall–Kier alpha value is -1.70. The summed E-state index contributed by atoms with van der Waals surface area (Å²) in [6.07, 6.45) is 6.07. The SMILES string of the molecule is CC1=CC=CN(c2ccccc2-c2ccc(Cl)cc2)C1Cl. The second kappa shape index (κ2) is 5.97. The Labute approximate surface area is 135 Å². The lowest BCUT2D eigenvalue weighted by Crippen LogP contribution is -2.28. The number of hydrogen-bond acceptors (Lipinski definition) is 1. The smallest absolute Gasteiger partial charge is 0.129 e. The molecule has 0 radical (unpaired) electrons. The van der Waals surface area contributed by atoms with Gasteiger partial charge in [-0.3, -0.25) is 0 Å². The van der Waals surface area contributed by atoms with Gasteiger partial charge in [-0.05, 0) is 42.3 Å². The van der Waals surface area contributed by atoms with Crippen LogP contribution >= 0.6 is 23.2 Å². The van der Waals surface area contributed by atoms with E-state index in [1.165, 1.54) is 0 Å². The number of halogens is 2.